The second-order valence-electron chi connectivity index (χ2n) is 3.60. The summed E-state index contributed by atoms with van der Waals surface area (Å²) in [7, 11) is 0. The molecule has 0 atom stereocenters. The maximum Gasteiger partial charge on any atom is 0.229 e. The van der Waals surface area contributed by atoms with Crippen LogP contribution in [0.2, 0.25) is 0 Å². The Kier molecular flexibility index (Phi) is 1.88. The molecule has 15 heavy (non-hydrogen) atoms. The summed E-state index contributed by atoms with van der Waals surface area (Å²) in [4.78, 5) is 10.9. The van der Waals surface area contributed by atoms with E-state index in [2.05, 4.69) is 20.9 Å². The number of anilines is 1. The second-order valence-corrected chi connectivity index (χ2v) is 3.60. The maximum atomic E-state index is 4.52. The Balaban J connectivity index is 2.09. The predicted octanol–water partition coefficient (Wildman–Crippen LogP) is 2.35. The summed E-state index contributed by atoms with van der Waals surface area (Å²) in [6.45, 7) is 0.984. The van der Waals surface area contributed by atoms with Crippen molar-refractivity contribution in [2.75, 3.05) is 11.4 Å². The van der Waals surface area contributed by atoms with Crippen LogP contribution in [0.1, 0.15) is 6.42 Å². The number of aromatic nitrogens is 2. The SMILES string of the molecule is C1=CN(c2ncc3ccccc3n2)CC1. The highest BCUT2D eigenvalue weighted by Crippen LogP contribution is 2.17. The van der Waals surface area contributed by atoms with E-state index >= 15 is 0 Å². The minimum absolute atomic E-state index is 0.794. The van der Waals surface area contributed by atoms with E-state index in [-0.39, 0.29) is 0 Å². The average Bonchev–Trinajstić information content (AvgIpc) is 2.82. The molecule has 1 aliphatic rings. The van der Waals surface area contributed by atoms with E-state index in [4.69, 9.17) is 0 Å². The highest BCUT2D eigenvalue weighted by Gasteiger charge is 2.09. The van der Waals surface area contributed by atoms with Gasteiger partial charge in [0, 0.05) is 24.3 Å². The van der Waals surface area contributed by atoms with Crippen molar-refractivity contribution in [2.24, 2.45) is 0 Å². The highest BCUT2D eigenvalue weighted by atomic mass is 15.2. The first-order valence-corrected chi connectivity index (χ1v) is 5.08. The van der Waals surface area contributed by atoms with Gasteiger partial charge in [0.1, 0.15) is 0 Å². The zero-order valence-corrected chi connectivity index (χ0v) is 8.30. The normalized spacial score (nSPS) is 15.1. The summed E-state index contributed by atoms with van der Waals surface area (Å²) in [5.74, 6) is 0.794. The molecule has 2 aromatic rings. The molecule has 74 valence electrons. The number of benzene rings is 1. The lowest BCUT2D eigenvalue weighted by atomic mass is 10.2. The first-order chi connectivity index (χ1) is 7.43. The monoisotopic (exact) mass is 197 g/mol. The third-order valence-corrected chi connectivity index (χ3v) is 2.56. The van der Waals surface area contributed by atoms with E-state index in [1.807, 2.05) is 36.7 Å². The quantitative estimate of drug-likeness (QED) is 0.702. The lowest BCUT2D eigenvalue weighted by molar-refractivity contribution is 0.945. The van der Waals surface area contributed by atoms with E-state index in [1.165, 1.54) is 0 Å². The zero-order chi connectivity index (χ0) is 10.1. The number of nitrogens with zero attached hydrogens (tertiary/aromatic N) is 3. The Morgan fingerprint density at radius 3 is 3.00 bits per heavy atom. The van der Waals surface area contributed by atoms with Gasteiger partial charge in [-0.1, -0.05) is 24.3 Å². The molecule has 0 saturated carbocycles. The molecule has 1 aromatic heterocycles. The van der Waals surface area contributed by atoms with Gasteiger partial charge in [0.25, 0.3) is 0 Å². The second kappa shape index (κ2) is 3.35. The van der Waals surface area contributed by atoms with Crippen LogP contribution in [-0.4, -0.2) is 16.5 Å². The molecule has 1 aliphatic heterocycles. The summed E-state index contributed by atoms with van der Waals surface area (Å²) in [6.07, 6.45) is 7.14. The van der Waals surface area contributed by atoms with Gasteiger partial charge in [-0.25, -0.2) is 9.97 Å². The predicted molar refractivity (Wildman–Crippen MR) is 60.6 cm³/mol. The van der Waals surface area contributed by atoms with Crippen LogP contribution in [0.25, 0.3) is 10.9 Å². The van der Waals surface area contributed by atoms with Gasteiger partial charge < -0.3 is 4.90 Å². The van der Waals surface area contributed by atoms with Crippen molar-refractivity contribution < 1.29 is 0 Å². The van der Waals surface area contributed by atoms with Crippen molar-refractivity contribution in [3.8, 4) is 0 Å². The molecule has 0 radical (unpaired) electrons. The van der Waals surface area contributed by atoms with Crippen molar-refractivity contribution in [3.05, 3.63) is 42.7 Å². The van der Waals surface area contributed by atoms with E-state index in [1.54, 1.807) is 0 Å². The van der Waals surface area contributed by atoms with Crippen molar-refractivity contribution in [3.63, 3.8) is 0 Å². The van der Waals surface area contributed by atoms with Gasteiger partial charge in [-0.05, 0) is 12.5 Å². The Labute approximate surface area is 88.1 Å². The first kappa shape index (κ1) is 8.41. The molecule has 2 heterocycles. The highest BCUT2D eigenvalue weighted by molar-refractivity contribution is 5.78. The van der Waals surface area contributed by atoms with Crippen LogP contribution in [0.4, 0.5) is 5.95 Å². The standard InChI is InChI=1S/C12H11N3/c1-2-6-11-10(5-1)9-13-12(14-11)15-7-3-4-8-15/h1-3,5-7,9H,4,8H2. The number of hydrogen-bond acceptors (Lipinski definition) is 3. The van der Waals surface area contributed by atoms with Gasteiger partial charge in [0.2, 0.25) is 5.95 Å². The van der Waals surface area contributed by atoms with Crippen LogP contribution in [0.5, 0.6) is 0 Å². The van der Waals surface area contributed by atoms with Gasteiger partial charge in [-0.2, -0.15) is 0 Å². The van der Waals surface area contributed by atoms with Crippen molar-refractivity contribution >= 4 is 16.9 Å². The number of rotatable bonds is 1. The fourth-order valence-corrected chi connectivity index (χ4v) is 1.76. The fourth-order valence-electron chi connectivity index (χ4n) is 1.76. The van der Waals surface area contributed by atoms with Crippen molar-refractivity contribution in [1.82, 2.24) is 9.97 Å². The molecule has 0 spiro atoms. The van der Waals surface area contributed by atoms with Crippen molar-refractivity contribution in [2.45, 2.75) is 6.42 Å². The zero-order valence-electron chi connectivity index (χ0n) is 8.30. The van der Waals surface area contributed by atoms with Crippen molar-refractivity contribution in [1.29, 1.82) is 0 Å². The molecule has 3 heteroatoms. The third-order valence-electron chi connectivity index (χ3n) is 2.56. The lowest BCUT2D eigenvalue weighted by Gasteiger charge is -2.12. The Bertz CT molecular complexity index is 519. The fraction of sp³-hybridized carbons (Fsp3) is 0.167. The molecule has 0 N–H and O–H groups in total. The van der Waals surface area contributed by atoms with Crippen LogP contribution in [0, 0.1) is 0 Å². The maximum absolute atomic E-state index is 4.52. The summed E-state index contributed by atoms with van der Waals surface area (Å²) >= 11 is 0. The van der Waals surface area contributed by atoms with Crippen LogP contribution in [0.3, 0.4) is 0 Å². The van der Waals surface area contributed by atoms with Crippen LogP contribution < -0.4 is 4.90 Å². The molecule has 0 saturated heterocycles. The van der Waals surface area contributed by atoms with Crippen LogP contribution >= 0.6 is 0 Å². The minimum Gasteiger partial charge on any atom is -0.317 e. The lowest BCUT2D eigenvalue weighted by Crippen LogP contribution is -2.15. The Morgan fingerprint density at radius 1 is 1.20 bits per heavy atom. The molecule has 3 nitrogen and oxygen atoms in total. The summed E-state index contributed by atoms with van der Waals surface area (Å²) in [5.41, 5.74) is 1.00. The molecular formula is C12H11N3. The number of para-hydroxylation sites is 1. The van der Waals surface area contributed by atoms with E-state index in [9.17, 15) is 0 Å². The van der Waals surface area contributed by atoms with Gasteiger partial charge in [-0.15, -0.1) is 0 Å². The molecule has 0 aliphatic carbocycles. The summed E-state index contributed by atoms with van der Waals surface area (Å²) in [6, 6.07) is 8.04. The van der Waals surface area contributed by atoms with Gasteiger partial charge >= 0.3 is 0 Å². The van der Waals surface area contributed by atoms with E-state index in [0.29, 0.717) is 0 Å². The van der Waals surface area contributed by atoms with Gasteiger partial charge in [-0.3, -0.25) is 0 Å². The minimum atomic E-state index is 0.794. The molecular weight excluding hydrogens is 186 g/mol. The molecule has 0 bridgehead atoms. The molecule has 0 fully saturated rings. The molecule has 1 aromatic carbocycles. The molecule has 0 amide bonds. The van der Waals surface area contributed by atoms with E-state index in [0.717, 1.165) is 29.8 Å². The number of fused-ring (bicyclic) bond motifs is 1. The largest absolute Gasteiger partial charge is 0.317 e. The Morgan fingerprint density at radius 2 is 2.13 bits per heavy atom. The van der Waals surface area contributed by atoms with Gasteiger partial charge in [0.05, 0.1) is 5.52 Å². The number of hydrogen-bond donors (Lipinski definition) is 0. The summed E-state index contributed by atoms with van der Waals surface area (Å²) < 4.78 is 0. The van der Waals surface area contributed by atoms with E-state index < -0.39 is 0 Å². The Hall–Kier alpha value is -1.90. The topological polar surface area (TPSA) is 29.0 Å². The third kappa shape index (κ3) is 1.46. The molecule has 3 rings (SSSR count). The van der Waals surface area contributed by atoms with Gasteiger partial charge in [0.15, 0.2) is 0 Å². The first-order valence-electron chi connectivity index (χ1n) is 5.08. The summed E-state index contributed by atoms with van der Waals surface area (Å²) in [5, 5.41) is 1.09. The van der Waals surface area contributed by atoms with Crippen LogP contribution in [-0.2, 0) is 0 Å². The molecule has 0 unspecified atom stereocenters. The van der Waals surface area contributed by atoms with Crippen LogP contribution in [0.15, 0.2) is 42.7 Å². The smallest absolute Gasteiger partial charge is 0.229 e. The average molecular weight is 197 g/mol.